The smallest absolute Gasteiger partial charge is 0.336 e. The molecule has 30 heavy (non-hydrogen) atoms. The Balaban J connectivity index is 1.59. The van der Waals surface area contributed by atoms with E-state index in [9.17, 15) is 14.3 Å². The molecule has 0 aromatic heterocycles. The van der Waals surface area contributed by atoms with Crippen molar-refractivity contribution in [1.29, 1.82) is 0 Å². The highest BCUT2D eigenvalue weighted by Crippen LogP contribution is 2.32. The Labute approximate surface area is 176 Å². The summed E-state index contributed by atoms with van der Waals surface area (Å²) in [6, 6.07) is 20.0. The molecule has 3 heteroatoms. The van der Waals surface area contributed by atoms with Crippen LogP contribution in [-0.2, 0) is 0 Å². The van der Waals surface area contributed by atoms with Gasteiger partial charge in [-0.05, 0) is 70.8 Å². The van der Waals surface area contributed by atoms with Crippen LogP contribution in [0, 0.1) is 5.82 Å². The molecule has 1 N–H and O–H groups in total. The quantitative estimate of drug-likeness (QED) is 0.453. The van der Waals surface area contributed by atoms with Crippen molar-refractivity contribution in [2.45, 2.75) is 38.0 Å². The van der Waals surface area contributed by atoms with Crippen molar-refractivity contribution in [2.24, 2.45) is 0 Å². The molecule has 2 nitrogen and oxygen atoms in total. The lowest BCUT2D eigenvalue weighted by Gasteiger charge is -2.21. The molecule has 0 spiro atoms. The Bertz CT molecular complexity index is 1040. The maximum atomic E-state index is 13.2. The molecule has 3 aromatic rings. The summed E-state index contributed by atoms with van der Waals surface area (Å²) in [5.74, 6) is -0.589. The maximum absolute atomic E-state index is 13.2. The van der Waals surface area contributed by atoms with E-state index in [0.717, 1.165) is 16.7 Å². The van der Waals surface area contributed by atoms with Crippen LogP contribution in [0.1, 0.15) is 65.1 Å². The molecule has 0 bridgehead atoms. The number of rotatable bonds is 5. The fourth-order valence-corrected chi connectivity index (χ4v) is 4.22. The first-order valence-corrected chi connectivity index (χ1v) is 10.5. The molecule has 0 saturated heterocycles. The highest BCUT2D eigenvalue weighted by molar-refractivity contribution is 5.94. The third kappa shape index (κ3) is 4.68. The van der Waals surface area contributed by atoms with Crippen molar-refractivity contribution in [3.63, 3.8) is 0 Å². The van der Waals surface area contributed by atoms with Crippen LogP contribution in [0.2, 0.25) is 0 Å². The molecule has 3 aromatic carbocycles. The number of carboxylic acids is 1. The van der Waals surface area contributed by atoms with E-state index in [2.05, 4.69) is 24.3 Å². The molecule has 0 unspecified atom stereocenters. The SMILES string of the molecule is O=C(O)c1ccc(-c2ccc(F)cc2)cc1/C=C/c1ccc(C2CCCCC2)cc1. The summed E-state index contributed by atoms with van der Waals surface area (Å²) in [6.45, 7) is 0. The Morgan fingerprint density at radius 1 is 0.833 bits per heavy atom. The van der Waals surface area contributed by atoms with Gasteiger partial charge in [0, 0.05) is 0 Å². The van der Waals surface area contributed by atoms with Crippen LogP contribution < -0.4 is 0 Å². The average molecular weight is 400 g/mol. The highest BCUT2D eigenvalue weighted by atomic mass is 19.1. The van der Waals surface area contributed by atoms with E-state index in [-0.39, 0.29) is 11.4 Å². The van der Waals surface area contributed by atoms with Crippen LogP contribution in [-0.4, -0.2) is 11.1 Å². The average Bonchev–Trinajstić information content (AvgIpc) is 2.79. The van der Waals surface area contributed by atoms with E-state index in [1.165, 1.54) is 49.8 Å². The van der Waals surface area contributed by atoms with Gasteiger partial charge in [-0.15, -0.1) is 0 Å². The standard InChI is InChI=1S/C27H25FO2/c28-25-15-12-22(13-16-25)23-14-17-26(27(29)30)24(18-23)11-8-19-6-9-21(10-7-19)20-4-2-1-3-5-20/h6-18,20H,1-5H2,(H,29,30)/b11-8+. The van der Waals surface area contributed by atoms with Gasteiger partial charge in [0.2, 0.25) is 0 Å². The first-order valence-electron chi connectivity index (χ1n) is 10.5. The molecule has 4 rings (SSSR count). The third-order valence-electron chi connectivity index (χ3n) is 5.93. The first-order chi connectivity index (χ1) is 14.6. The molecule has 0 aliphatic heterocycles. The fourth-order valence-electron chi connectivity index (χ4n) is 4.22. The molecule has 0 atom stereocenters. The van der Waals surface area contributed by atoms with Crippen LogP contribution in [0.3, 0.4) is 0 Å². The van der Waals surface area contributed by atoms with E-state index < -0.39 is 5.97 Å². The number of carbonyl (C=O) groups is 1. The van der Waals surface area contributed by atoms with Gasteiger partial charge < -0.3 is 5.11 Å². The van der Waals surface area contributed by atoms with Gasteiger partial charge in [-0.2, -0.15) is 0 Å². The maximum Gasteiger partial charge on any atom is 0.336 e. The van der Waals surface area contributed by atoms with Crippen LogP contribution in [0.4, 0.5) is 4.39 Å². The molecule has 1 saturated carbocycles. The van der Waals surface area contributed by atoms with Crippen molar-refractivity contribution >= 4 is 18.1 Å². The number of benzene rings is 3. The molecule has 1 fully saturated rings. The van der Waals surface area contributed by atoms with Crippen LogP contribution in [0.5, 0.6) is 0 Å². The Hall–Kier alpha value is -3.20. The highest BCUT2D eigenvalue weighted by Gasteiger charge is 2.15. The normalized spacial score (nSPS) is 14.8. The Kier molecular flexibility index (Phi) is 6.08. The molecule has 152 valence electrons. The molecular formula is C27H25FO2. The minimum absolute atomic E-state index is 0.246. The van der Waals surface area contributed by atoms with E-state index >= 15 is 0 Å². The molecule has 1 aliphatic rings. The van der Waals surface area contributed by atoms with Gasteiger partial charge in [0.1, 0.15) is 5.82 Å². The van der Waals surface area contributed by atoms with E-state index in [1.54, 1.807) is 24.3 Å². The van der Waals surface area contributed by atoms with Crippen molar-refractivity contribution in [3.05, 3.63) is 94.8 Å². The zero-order chi connectivity index (χ0) is 20.9. The third-order valence-corrected chi connectivity index (χ3v) is 5.93. The van der Waals surface area contributed by atoms with Crippen molar-refractivity contribution < 1.29 is 14.3 Å². The summed E-state index contributed by atoms with van der Waals surface area (Å²) in [7, 11) is 0. The largest absolute Gasteiger partial charge is 0.478 e. The summed E-state index contributed by atoms with van der Waals surface area (Å²) in [4.78, 5) is 11.7. The predicted octanol–water partition coefficient (Wildman–Crippen LogP) is 7.41. The zero-order valence-corrected chi connectivity index (χ0v) is 16.9. The van der Waals surface area contributed by atoms with Gasteiger partial charge in [-0.25, -0.2) is 9.18 Å². The lowest BCUT2D eigenvalue weighted by atomic mass is 9.84. The number of aromatic carboxylic acids is 1. The van der Waals surface area contributed by atoms with Crippen molar-refractivity contribution in [1.82, 2.24) is 0 Å². The Morgan fingerprint density at radius 3 is 2.17 bits per heavy atom. The van der Waals surface area contributed by atoms with E-state index in [1.807, 2.05) is 18.2 Å². The van der Waals surface area contributed by atoms with Gasteiger partial charge in [0.05, 0.1) is 5.56 Å². The molecular weight excluding hydrogens is 375 g/mol. The number of halogens is 1. The van der Waals surface area contributed by atoms with Crippen LogP contribution in [0.15, 0.2) is 66.7 Å². The first kappa shape index (κ1) is 20.1. The summed E-state index contributed by atoms with van der Waals surface area (Å²) in [6.07, 6.45) is 10.3. The summed E-state index contributed by atoms with van der Waals surface area (Å²) in [5.41, 5.74) is 5.01. The summed E-state index contributed by atoms with van der Waals surface area (Å²) in [5, 5.41) is 9.56. The van der Waals surface area contributed by atoms with Gasteiger partial charge in [0.25, 0.3) is 0 Å². The van der Waals surface area contributed by atoms with E-state index in [0.29, 0.717) is 11.5 Å². The number of hydrogen-bond acceptors (Lipinski definition) is 1. The predicted molar refractivity (Wildman–Crippen MR) is 120 cm³/mol. The fraction of sp³-hybridized carbons (Fsp3) is 0.222. The zero-order valence-electron chi connectivity index (χ0n) is 16.9. The Morgan fingerprint density at radius 2 is 1.50 bits per heavy atom. The minimum atomic E-state index is -0.965. The van der Waals surface area contributed by atoms with E-state index in [4.69, 9.17) is 0 Å². The van der Waals surface area contributed by atoms with Crippen molar-refractivity contribution in [2.75, 3.05) is 0 Å². The molecule has 0 amide bonds. The monoisotopic (exact) mass is 400 g/mol. The second-order valence-corrected chi connectivity index (χ2v) is 7.95. The lowest BCUT2D eigenvalue weighted by molar-refractivity contribution is 0.0696. The van der Waals surface area contributed by atoms with Gasteiger partial charge >= 0.3 is 5.97 Å². The second kappa shape index (κ2) is 9.08. The summed E-state index contributed by atoms with van der Waals surface area (Å²) < 4.78 is 13.2. The number of hydrogen-bond donors (Lipinski definition) is 1. The van der Waals surface area contributed by atoms with Gasteiger partial charge in [-0.3, -0.25) is 0 Å². The molecule has 1 aliphatic carbocycles. The van der Waals surface area contributed by atoms with Crippen LogP contribution >= 0.6 is 0 Å². The summed E-state index contributed by atoms with van der Waals surface area (Å²) >= 11 is 0. The molecule has 0 radical (unpaired) electrons. The van der Waals surface area contributed by atoms with Crippen LogP contribution in [0.25, 0.3) is 23.3 Å². The van der Waals surface area contributed by atoms with Gasteiger partial charge in [-0.1, -0.05) is 73.9 Å². The topological polar surface area (TPSA) is 37.3 Å². The minimum Gasteiger partial charge on any atom is -0.478 e. The lowest BCUT2D eigenvalue weighted by Crippen LogP contribution is -2.04. The molecule has 0 heterocycles. The second-order valence-electron chi connectivity index (χ2n) is 7.95. The van der Waals surface area contributed by atoms with Crippen molar-refractivity contribution in [3.8, 4) is 11.1 Å². The number of carboxylic acid groups (broad SMARTS) is 1. The van der Waals surface area contributed by atoms with Gasteiger partial charge in [0.15, 0.2) is 0 Å².